The third-order valence-corrected chi connectivity index (χ3v) is 3.74. The number of furan rings is 1. The smallest absolute Gasteiger partial charge is 0.318 e. The minimum atomic E-state index is -0.565. The van der Waals surface area contributed by atoms with Crippen LogP contribution in [0.3, 0.4) is 0 Å². The summed E-state index contributed by atoms with van der Waals surface area (Å²) in [6.45, 7) is 2.48. The van der Waals surface area contributed by atoms with E-state index < -0.39 is 6.04 Å². The molecule has 2 rings (SSSR count). The lowest BCUT2D eigenvalue weighted by Crippen LogP contribution is -2.50. The number of likely N-dealkylation sites (N-methyl/N-ethyl adjacent to an activating group) is 1. The van der Waals surface area contributed by atoms with Gasteiger partial charge < -0.3 is 19.5 Å². The van der Waals surface area contributed by atoms with E-state index in [1.807, 2.05) is 25.1 Å². The predicted molar refractivity (Wildman–Crippen MR) is 93.5 cm³/mol. The first-order valence-corrected chi connectivity index (χ1v) is 8.20. The first-order chi connectivity index (χ1) is 12.0. The summed E-state index contributed by atoms with van der Waals surface area (Å²) in [7, 11) is 3.34. The molecule has 1 atom stereocenters. The van der Waals surface area contributed by atoms with E-state index in [-0.39, 0.29) is 11.9 Å². The molecule has 0 fully saturated rings. The van der Waals surface area contributed by atoms with Crippen LogP contribution in [0.25, 0.3) is 0 Å². The molecule has 0 aromatic carbocycles. The number of pyridine rings is 1. The van der Waals surface area contributed by atoms with Gasteiger partial charge in [0.05, 0.1) is 25.0 Å². The van der Waals surface area contributed by atoms with E-state index in [9.17, 15) is 9.59 Å². The molecule has 0 saturated carbocycles. The van der Waals surface area contributed by atoms with E-state index >= 15 is 0 Å². The molecule has 0 unspecified atom stereocenters. The lowest BCUT2D eigenvalue weighted by molar-refractivity contribution is -0.130. The van der Waals surface area contributed by atoms with Crippen LogP contribution in [-0.2, 0) is 17.9 Å². The summed E-state index contributed by atoms with van der Waals surface area (Å²) in [5.74, 6) is 0.532. The molecular formula is C18H24N4O3. The Bertz CT molecular complexity index is 671. The van der Waals surface area contributed by atoms with Crippen LogP contribution in [0, 0.1) is 0 Å². The average Bonchev–Trinajstić information content (AvgIpc) is 3.12. The maximum Gasteiger partial charge on any atom is 0.318 e. The van der Waals surface area contributed by atoms with Crippen LogP contribution in [0.5, 0.6) is 0 Å². The summed E-state index contributed by atoms with van der Waals surface area (Å²) in [4.78, 5) is 32.2. The van der Waals surface area contributed by atoms with Crippen molar-refractivity contribution in [3.63, 3.8) is 0 Å². The molecule has 7 heteroatoms. The lowest BCUT2D eigenvalue weighted by Gasteiger charge is -2.26. The zero-order valence-corrected chi connectivity index (χ0v) is 14.8. The fourth-order valence-electron chi connectivity index (χ4n) is 2.37. The number of carbonyl (C=O) groups excluding carboxylic acids is 2. The van der Waals surface area contributed by atoms with Crippen LogP contribution in [0.4, 0.5) is 4.79 Å². The van der Waals surface area contributed by atoms with Crippen molar-refractivity contribution in [2.75, 3.05) is 14.1 Å². The molecule has 0 spiro atoms. The zero-order valence-electron chi connectivity index (χ0n) is 14.8. The van der Waals surface area contributed by atoms with Crippen molar-refractivity contribution in [3.8, 4) is 0 Å². The van der Waals surface area contributed by atoms with E-state index in [1.54, 1.807) is 43.6 Å². The molecule has 25 heavy (non-hydrogen) atoms. The zero-order chi connectivity index (χ0) is 18.2. The van der Waals surface area contributed by atoms with Crippen LogP contribution in [0.2, 0.25) is 0 Å². The summed E-state index contributed by atoms with van der Waals surface area (Å²) in [6.07, 6.45) is 3.76. The van der Waals surface area contributed by atoms with Crippen LogP contribution < -0.4 is 5.32 Å². The van der Waals surface area contributed by atoms with Gasteiger partial charge in [0.25, 0.3) is 0 Å². The van der Waals surface area contributed by atoms with E-state index in [1.165, 1.54) is 4.90 Å². The Balaban J connectivity index is 2.12. The summed E-state index contributed by atoms with van der Waals surface area (Å²) in [5.41, 5.74) is 0.760. The van der Waals surface area contributed by atoms with E-state index in [0.29, 0.717) is 25.3 Å². The third-order valence-electron chi connectivity index (χ3n) is 3.74. The van der Waals surface area contributed by atoms with Crippen molar-refractivity contribution in [2.24, 2.45) is 0 Å². The number of nitrogens with one attached hydrogen (secondary N) is 1. The maximum atomic E-state index is 12.7. The van der Waals surface area contributed by atoms with Gasteiger partial charge in [0.15, 0.2) is 0 Å². The van der Waals surface area contributed by atoms with Crippen molar-refractivity contribution < 1.29 is 14.0 Å². The van der Waals surface area contributed by atoms with Gasteiger partial charge in [-0.3, -0.25) is 9.78 Å². The monoisotopic (exact) mass is 344 g/mol. The highest BCUT2D eigenvalue weighted by molar-refractivity contribution is 5.86. The van der Waals surface area contributed by atoms with Crippen molar-refractivity contribution in [3.05, 3.63) is 54.2 Å². The molecule has 0 aliphatic heterocycles. The molecular weight excluding hydrogens is 320 g/mol. The van der Waals surface area contributed by atoms with Gasteiger partial charge in [-0.25, -0.2) is 4.79 Å². The topological polar surface area (TPSA) is 78.7 Å². The first kappa shape index (κ1) is 18.5. The Morgan fingerprint density at radius 1 is 1.20 bits per heavy atom. The molecule has 134 valence electrons. The third kappa shape index (κ3) is 5.34. The molecule has 2 aromatic rings. The molecule has 2 heterocycles. The van der Waals surface area contributed by atoms with Crippen molar-refractivity contribution in [1.29, 1.82) is 0 Å². The summed E-state index contributed by atoms with van der Waals surface area (Å²) in [5, 5.41) is 2.81. The highest BCUT2D eigenvalue weighted by Gasteiger charge is 2.24. The minimum Gasteiger partial charge on any atom is -0.467 e. The van der Waals surface area contributed by atoms with Gasteiger partial charge >= 0.3 is 6.03 Å². The molecule has 0 saturated heterocycles. The normalized spacial score (nSPS) is 11.6. The van der Waals surface area contributed by atoms with Crippen LogP contribution >= 0.6 is 0 Å². The van der Waals surface area contributed by atoms with Crippen molar-refractivity contribution >= 4 is 11.9 Å². The van der Waals surface area contributed by atoms with Gasteiger partial charge in [-0.2, -0.15) is 0 Å². The van der Waals surface area contributed by atoms with Crippen molar-refractivity contribution in [1.82, 2.24) is 20.1 Å². The fraction of sp³-hybridized carbons (Fsp3) is 0.389. The molecule has 0 aliphatic rings. The number of nitrogens with zero attached hydrogens (tertiary/aromatic N) is 3. The van der Waals surface area contributed by atoms with E-state index in [4.69, 9.17) is 4.42 Å². The standard InChI is InChI=1S/C18H24N4O3/c1-4-16(17(23)21(2)3)20-18(24)22(13-15-9-7-11-25-15)12-14-8-5-6-10-19-14/h5-11,16H,4,12-13H2,1-3H3,(H,20,24)/t16-/m0/s1. The maximum absolute atomic E-state index is 12.7. The summed E-state index contributed by atoms with van der Waals surface area (Å²) >= 11 is 0. The van der Waals surface area contributed by atoms with Gasteiger partial charge in [-0.05, 0) is 30.7 Å². The molecule has 1 N–H and O–H groups in total. The van der Waals surface area contributed by atoms with Gasteiger partial charge in [-0.1, -0.05) is 13.0 Å². The highest BCUT2D eigenvalue weighted by Crippen LogP contribution is 2.10. The second-order valence-electron chi connectivity index (χ2n) is 5.90. The van der Waals surface area contributed by atoms with Gasteiger partial charge in [0.1, 0.15) is 11.8 Å². The summed E-state index contributed by atoms with van der Waals surface area (Å²) < 4.78 is 5.35. The Morgan fingerprint density at radius 3 is 2.56 bits per heavy atom. The molecule has 7 nitrogen and oxygen atoms in total. The van der Waals surface area contributed by atoms with Crippen LogP contribution in [-0.4, -0.2) is 46.9 Å². The molecule has 0 bridgehead atoms. The van der Waals surface area contributed by atoms with Crippen LogP contribution in [0.15, 0.2) is 47.2 Å². The molecule has 0 radical (unpaired) electrons. The number of hydrogen-bond acceptors (Lipinski definition) is 4. The van der Waals surface area contributed by atoms with Gasteiger partial charge in [0, 0.05) is 20.3 Å². The Morgan fingerprint density at radius 2 is 2.00 bits per heavy atom. The molecule has 3 amide bonds. The van der Waals surface area contributed by atoms with Gasteiger partial charge in [-0.15, -0.1) is 0 Å². The fourth-order valence-corrected chi connectivity index (χ4v) is 2.37. The van der Waals surface area contributed by atoms with Crippen LogP contribution in [0.1, 0.15) is 24.8 Å². The largest absolute Gasteiger partial charge is 0.467 e. The number of urea groups is 1. The van der Waals surface area contributed by atoms with E-state index in [2.05, 4.69) is 10.3 Å². The quantitative estimate of drug-likeness (QED) is 0.835. The SMILES string of the molecule is CC[C@H](NC(=O)N(Cc1ccccn1)Cc1ccco1)C(=O)N(C)C. The number of carbonyl (C=O) groups is 2. The summed E-state index contributed by atoms with van der Waals surface area (Å²) in [6, 6.07) is 8.23. The minimum absolute atomic E-state index is 0.133. The number of aromatic nitrogens is 1. The second kappa shape index (κ2) is 8.86. The molecule has 2 aromatic heterocycles. The Hall–Kier alpha value is -2.83. The number of hydrogen-bond donors (Lipinski definition) is 1. The van der Waals surface area contributed by atoms with E-state index in [0.717, 1.165) is 5.69 Å². The molecule has 0 aliphatic carbocycles. The predicted octanol–water partition coefficient (Wildman–Crippen LogP) is 2.25. The lowest BCUT2D eigenvalue weighted by atomic mass is 10.2. The average molecular weight is 344 g/mol. The van der Waals surface area contributed by atoms with Crippen molar-refractivity contribution in [2.45, 2.75) is 32.5 Å². The second-order valence-corrected chi connectivity index (χ2v) is 5.90. The highest BCUT2D eigenvalue weighted by atomic mass is 16.3. The Labute approximate surface area is 147 Å². The Kier molecular flexibility index (Phi) is 6.56. The number of rotatable bonds is 7. The first-order valence-electron chi connectivity index (χ1n) is 8.20. The van der Waals surface area contributed by atoms with Gasteiger partial charge in [0.2, 0.25) is 5.91 Å². The number of amides is 3.